The van der Waals surface area contributed by atoms with Crippen LogP contribution in [0.5, 0.6) is 0 Å². The minimum atomic E-state index is 0.998. The Hall–Kier alpha value is -0.260. The van der Waals surface area contributed by atoms with Gasteiger partial charge in [0, 0.05) is 0 Å². The third kappa shape index (κ3) is 0.677. The summed E-state index contributed by atoms with van der Waals surface area (Å²) in [6.45, 7) is 5.02. The van der Waals surface area contributed by atoms with Crippen LogP contribution in [0.25, 0.3) is 0 Å². The predicted octanol–water partition coefficient (Wildman–Crippen LogP) is 3.63. The number of rotatable bonds is 0. The molecule has 0 aliphatic heterocycles. The summed E-state index contributed by atoms with van der Waals surface area (Å²) in [4.78, 5) is 0. The van der Waals surface area contributed by atoms with Crippen LogP contribution in [0, 0.1) is 35.5 Å². The van der Waals surface area contributed by atoms with Crippen LogP contribution < -0.4 is 0 Å². The fourth-order valence-electron chi connectivity index (χ4n) is 5.39. The van der Waals surface area contributed by atoms with Gasteiger partial charge >= 0.3 is 0 Å². The highest BCUT2D eigenvalue weighted by Gasteiger charge is 2.58. The molecule has 0 saturated heterocycles. The van der Waals surface area contributed by atoms with Crippen molar-refractivity contribution < 1.29 is 0 Å². The Morgan fingerprint density at radius 3 is 2.86 bits per heavy atom. The smallest absolute Gasteiger partial charge is 0.0135 e. The number of hydrogen-bond acceptors (Lipinski definition) is 0. The Balaban J connectivity index is 1.85. The molecule has 6 atom stereocenters. The average Bonchev–Trinajstić information content (AvgIpc) is 2.87. The van der Waals surface area contributed by atoms with Gasteiger partial charge in [-0.3, -0.25) is 0 Å². The van der Waals surface area contributed by atoms with Crippen LogP contribution in [-0.4, -0.2) is 0 Å². The maximum Gasteiger partial charge on any atom is -0.0135 e. The monoisotopic (exact) mass is 188 g/mol. The topological polar surface area (TPSA) is 0 Å². The molecular weight excluding hydrogens is 168 g/mol. The van der Waals surface area contributed by atoms with Crippen LogP contribution >= 0.6 is 0 Å². The Morgan fingerprint density at radius 1 is 1.14 bits per heavy atom. The van der Waals surface area contributed by atoms with Crippen molar-refractivity contribution in [3.8, 4) is 0 Å². The van der Waals surface area contributed by atoms with Crippen LogP contribution in [0.4, 0.5) is 0 Å². The van der Waals surface area contributed by atoms with Crippen molar-refractivity contribution in [3.63, 3.8) is 0 Å². The molecule has 0 aromatic carbocycles. The summed E-state index contributed by atoms with van der Waals surface area (Å²) in [5.41, 5.74) is 3.92. The predicted molar refractivity (Wildman–Crippen MR) is 57.8 cm³/mol. The normalized spacial score (nSPS) is 58.7. The molecule has 4 aliphatic rings. The molecule has 0 N–H and O–H groups in total. The van der Waals surface area contributed by atoms with Gasteiger partial charge in [0.15, 0.2) is 0 Å². The van der Waals surface area contributed by atoms with E-state index in [0.717, 1.165) is 35.5 Å². The van der Waals surface area contributed by atoms with Crippen LogP contribution in [0.1, 0.15) is 39.5 Å². The van der Waals surface area contributed by atoms with E-state index >= 15 is 0 Å². The second-order valence-corrected chi connectivity index (χ2v) is 6.31. The fraction of sp³-hybridized carbons (Fsp3) is 0.857. The van der Waals surface area contributed by atoms with Crippen LogP contribution in [-0.2, 0) is 0 Å². The molecule has 0 radical (unpaired) electrons. The lowest BCUT2D eigenvalue weighted by Crippen LogP contribution is -2.29. The van der Waals surface area contributed by atoms with Gasteiger partial charge in [0.05, 0.1) is 0 Å². The summed E-state index contributed by atoms with van der Waals surface area (Å²) < 4.78 is 0. The molecular formula is C14H20. The maximum absolute atomic E-state index is 2.52. The van der Waals surface area contributed by atoms with Gasteiger partial charge in [0.1, 0.15) is 0 Å². The maximum atomic E-state index is 2.52. The summed E-state index contributed by atoms with van der Waals surface area (Å²) in [6.07, 6.45) is 6.07. The summed E-state index contributed by atoms with van der Waals surface area (Å²) in [6, 6.07) is 0. The van der Waals surface area contributed by atoms with E-state index < -0.39 is 0 Å². The minimum Gasteiger partial charge on any atom is -0.0701 e. The zero-order chi connectivity index (χ0) is 9.45. The largest absolute Gasteiger partial charge is 0.0701 e. The first-order valence-corrected chi connectivity index (χ1v) is 6.49. The van der Waals surface area contributed by atoms with Crippen molar-refractivity contribution in [2.75, 3.05) is 0 Å². The van der Waals surface area contributed by atoms with E-state index in [1.807, 2.05) is 11.1 Å². The molecule has 0 heteroatoms. The summed E-state index contributed by atoms with van der Waals surface area (Å²) >= 11 is 0. The highest BCUT2D eigenvalue weighted by molar-refractivity contribution is 5.37. The van der Waals surface area contributed by atoms with E-state index in [1.54, 1.807) is 6.42 Å². The van der Waals surface area contributed by atoms with Crippen molar-refractivity contribution in [1.29, 1.82) is 0 Å². The summed E-state index contributed by atoms with van der Waals surface area (Å²) in [5, 5.41) is 0. The Labute approximate surface area is 86.8 Å². The van der Waals surface area contributed by atoms with E-state index in [2.05, 4.69) is 13.8 Å². The highest BCUT2D eigenvalue weighted by atomic mass is 14.6. The lowest BCUT2D eigenvalue weighted by Gasteiger charge is -2.36. The van der Waals surface area contributed by atoms with E-state index in [0.29, 0.717) is 0 Å². The molecule has 0 nitrogen and oxygen atoms in total. The molecule has 3 saturated carbocycles. The van der Waals surface area contributed by atoms with Crippen LogP contribution in [0.15, 0.2) is 11.1 Å². The van der Waals surface area contributed by atoms with Crippen molar-refractivity contribution >= 4 is 0 Å². The van der Waals surface area contributed by atoms with Gasteiger partial charge < -0.3 is 0 Å². The van der Waals surface area contributed by atoms with Gasteiger partial charge in [0.2, 0.25) is 0 Å². The van der Waals surface area contributed by atoms with E-state index in [9.17, 15) is 0 Å². The fourth-order valence-corrected chi connectivity index (χ4v) is 5.39. The SMILES string of the molecule is CC1C2CC(C1C)C1C2=C2CCC1C2. The van der Waals surface area contributed by atoms with Gasteiger partial charge in [-0.1, -0.05) is 25.0 Å². The Morgan fingerprint density at radius 2 is 2.00 bits per heavy atom. The molecule has 0 spiro atoms. The van der Waals surface area contributed by atoms with Gasteiger partial charge in [-0.25, -0.2) is 0 Å². The average molecular weight is 188 g/mol. The van der Waals surface area contributed by atoms with Gasteiger partial charge in [-0.05, 0) is 61.2 Å². The zero-order valence-corrected chi connectivity index (χ0v) is 9.29. The van der Waals surface area contributed by atoms with Crippen molar-refractivity contribution in [3.05, 3.63) is 11.1 Å². The second-order valence-electron chi connectivity index (χ2n) is 6.31. The third-order valence-electron chi connectivity index (χ3n) is 6.13. The molecule has 0 aromatic rings. The number of hydrogen-bond donors (Lipinski definition) is 0. The Kier molecular flexibility index (Phi) is 1.30. The Bertz CT molecular complexity index is 325. The molecule has 4 rings (SSSR count). The molecule has 0 aromatic heterocycles. The molecule has 4 bridgehead atoms. The van der Waals surface area contributed by atoms with E-state index in [-0.39, 0.29) is 0 Å². The first-order chi connectivity index (χ1) is 6.77. The van der Waals surface area contributed by atoms with E-state index in [4.69, 9.17) is 0 Å². The molecule has 14 heavy (non-hydrogen) atoms. The highest BCUT2D eigenvalue weighted by Crippen LogP contribution is 2.67. The number of allylic oxidation sites excluding steroid dienone is 2. The molecule has 0 amide bonds. The lowest BCUT2D eigenvalue weighted by atomic mass is 9.69. The van der Waals surface area contributed by atoms with Crippen LogP contribution in [0.3, 0.4) is 0 Å². The van der Waals surface area contributed by atoms with Gasteiger partial charge in [-0.2, -0.15) is 0 Å². The van der Waals surface area contributed by atoms with E-state index in [1.165, 1.54) is 19.3 Å². The zero-order valence-electron chi connectivity index (χ0n) is 9.29. The van der Waals surface area contributed by atoms with Crippen molar-refractivity contribution in [1.82, 2.24) is 0 Å². The molecule has 76 valence electrons. The summed E-state index contributed by atoms with van der Waals surface area (Å²) in [7, 11) is 0. The molecule has 4 aliphatic carbocycles. The van der Waals surface area contributed by atoms with Gasteiger partial charge in [0.25, 0.3) is 0 Å². The van der Waals surface area contributed by atoms with Crippen LogP contribution in [0.2, 0.25) is 0 Å². The van der Waals surface area contributed by atoms with Crippen molar-refractivity contribution in [2.24, 2.45) is 35.5 Å². The van der Waals surface area contributed by atoms with Gasteiger partial charge in [-0.15, -0.1) is 0 Å². The third-order valence-corrected chi connectivity index (χ3v) is 6.13. The molecule has 3 fully saturated rings. The first-order valence-electron chi connectivity index (χ1n) is 6.49. The first kappa shape index (κ1) is 7.96. The second kappa shape index (κ2) is 2.28. The van der Waals surface area contributed by atoms with Crippen molar-refractivity contribution in [2.45, 2.75) is 39.5 Å². The lowest BCUT2D eigenvalue weighted by molar-refractivity contribution is 0.198. The molecule has 6 unspecified atom stereocenters. The summed E-state index contributed by atoms with van der Waals surface area (Å²) in [5.74, 6) is 6.32. The quantitative estimate of drug-likeness (QED) is 0.509. The minimum absolute atomic E-state index is 0.998. The number of fused-ring (bicyclic) bond motifs is 8. The molecule has 0 heterocycles. The standard InChI is InChI=1S/C14H20/c1-7-8(2)12-6-11(7)13-9-3-4-10(5-9)14(12)13/h7-9,11-13H,3-6H2,1-2H3.